The van der Waals surface area contributed by atoms with Gasteiger partial charge in [0.15, 0.2) is 10.9 Å². The number of carbonyl (C=O) groups is 3. The van der Waals surface area contributed by atoms with Crippen molar-refractivity contribution in [3.8, 4) is 11.5 Å². The molecule has 0 unspecified atom stereocenters. The Morgan fingerprint density at radius 1 is 1.12 bits per heavy atom. The van der Waals surface area contributed by atoms with Gasteiger partial charge >= 0.3 is 10.1 Å². The van der Waals surface area contributed by atoms with Crippen molar-refractivity contribution < 1.29 is 31.7 Å². The second-order valence-corrected chi connectivity index (χ2v) is 8.93. The number of benzene rings is 2. The summed E-state index contributed by atoms with van der Waals surface area (Å²) < 4.78 is 35.8. The van der Waals surface area contributed by atoms with E-state index >= 15 is 0 Å². The van der Waals surface area contributed by atoms with Crippen LogP contribution in [0, 0.1) is 0 Å². The highest BCUT2D eigenvalue weighted by atomic mass is 35.5. The molecule has 0 atom stereocenters. The molecule has 0 bridgehead atoms. The van der Waals surface area contributed by atoms with E-state index in [9.17, 15) is 22.8 Å². The lowest BCUT2D eigenvalue weighted by Crippen LogP contribution is -2.51. The zero-order valence-corrected chi connectivity index (χ0v) is 19.5. The molecule has 33 heavy (non-hydrogen) atoms. The molecule has 0 radical (unpaired) electrons. The van der Waals surface area contributed by atoms with Gasteiger partial charge in [-0.05, 0) is 60.3 Å². The van der Waals surface area contributed by atoms with Gasteiger partial charge in [0, 0.05) is 12.6 Å². The first kappa shape index (κ1) is 24.2. The number of nitrogens with one attached hydrogen (secondary N) is 3. The third-order valence-corrected chi connectivity index (χ3v) is 5.88. The summed E-state index contributed by atoms with van der Waals surface area (Å²) in [5, 5.41) is 6.86. The van der Waals surface area contributed by atoms with E-state index in [1.807, 2.05) is 0 Å². The van der Waals surface area contributed by atoms with Crippen LogP contribution in [0.2, 0.25) is 5.02 Å². The van der Waals surface area contributed by atoms with Gasteiger partial charge in [-0.25, -0.2) is 0 Å². The lowest BCUT2D eigenvalue weighted by Gasteiger charge is -2.17. The third kappa shape index (κ3) is 5.66. The molecule has 3 amide bonds. The molecule has 2 aromatic rings. The molecule has 1 aliphatic heterocycles. The molecule has 0 spiro atoms. The fourth-order valence-corrected chi connectivity index (χ4v) is 4.19. The number of thiocarbonyl (C=S) groups is 1. The van der Waals surface area contributed by atoms with Crippen LogP contribution in [0.3, 0.4) is 0 Å². The van der Waals surface area contributed by atoms with Crippen LogP contribution < -0.4 is 24.9 Å². The zero-order chi connectivity index (χ0) is 24.3. The summed E-state index contributed by atoms with van der Waals surface area (Å²) in [7, 11) is -3.05. The minimum Gasteiger partial charge on any atom is -0.493 e. The largest absolute Gasteiger partial charge is 0.493 e. The zero-order valence-electron chi connectivity index (χ0n) is 17.1. The molecular weight excluding hydrogens is 494 g/mol. The van der Waals surface area contributed by atoms with Crippen molar-refractivity contribution in [3.63, 3.8) is 0 Å². The van der Waals surface area contributed by atoms with Crippen molar-refractivity contribution in [3.05, 3.63) is 52.6 Å². The molecule has 3 rings (SSSR count). The first-order chi connectivity index (χ1) is 15.5. The molecule has 0 saturated carbocycles. The summed E-state index contributed by atoms with van der Waals surface area (Å²) in [6, 6.07) is 7.96. The van der Waals surface area contributed by atoms with Crippen molar-refractivity contribution in [1.29, 1.82) is 0 Å². The van der Waals surface area contributed by atoms with Crippen LogP contribution in [0.25, 0.3) is 6.08 Å². The predicted octanol–water partition coefficient (Wildman–Crippen LogP) is 1.99. The van der Waals surface area contributed by atoms with Gasteiger partial charge in [0.25, 0.3) is 11.8 Å². The highest BCUT2D eigenvalue weighted by Crippen LogP contribution is 2.39. The van der Waals surface area contributed by atoms with E-state index in [0.717, 1.165) is 0 Å². The summed E-state index contributed by atoms with van der Waals surface area (Å²) >= 11 is 11.0. The molecule has 1 heterocycles. The molecule has 13 heteroatoms. The fourth-order valence-electron chi connectivity index (χ4n) is 2.74. The second kappa shape index (κ2) is 9.57. The Hall–Kier alpha value is -3.48. The van der Waals surface area contributed by atoms with Crippen molar-refractivity contribution in [1.82, 2.24) is 10.6 Å². The van der Waals surface area contributed by atoms with Gasteiger partial charge in [0.1, 0.15) is 10.5 Å². The van der Waals surface area contributed by atoms with Gasteiger partial charge in [-0.3, -0.25) is 25.0 Å². The highest BCUT2D eigenvalue weighted by molar-refractivity contribution is 7.87. The third-order valence-electron chi connectivity index (χ3n) is 4.16. The van der Waals surface area contributed by atoms with E-state index in [4.69, 9.17) is 32.7 Å². The minimum atomic E-state index is -4.31. The number of rotatable bonds is 6. The second-order valence-electron chi connectivity index (χ2n) is 6.57. The Balaban J connectivity index is 1.92. The van der Waals surface area contributed by atoms with Crippen LogP contribution in [-0.4, -0.2) is 38.4 Å². The average molecular weight is 510 g/mol. The number of amides is 3. The number of anilines is 1. The number of hydrogen-bond acceptors (Lipinski definition) is 8. The van der Waals surface area contributed by atoms with Crippen LogP contribution in [0.4, 0.5) is 5.69 Å². The summed E-state index contributed by atoms with van der Waals surface area (Å²) in [5.41, 5.74) is 0.447. The van der Waals surface area contributed by atoms with E-state index in [1.54, 1.807) is 0 Å². The first-order valence-corrected chi connectivity index (χ1v) is 11.3. The number of hydrogen-bond donors (Lipinski definition) is 3. The number of ether oxygens (including phenoxy) is 1. The fraction of sp³-hybridized carbons (Fsp3) is 0.100. The Bertz CT molecular complexity index is 1280. The van der Waals surface area contributed by atoms with Crippen LogP contribution in [0.5, 0.6) is 11.5 Å². The highest BCUT2D eigenvalue weighted by Gasteiger charge is 2.27. The van der Waals surface area contributed by atoms with E-state index in [1.165, 1.54) is 56.5 Å². The molecule has 0 aliphatic carbocycles. The predicted molar refractivity (Wildman–Crippen MR) is 123 cm³/mol. The van der Waals surface area contributed by atoms with Gasteiger partial charge in [-0.1, -0.05) is 11.6 Å². The summed E-state index contributed by atoms with van der Waals surface area (Å²) in [5.74, 6) is -2.06. The summed E-state index contributed by atoms with van der Waals surface area (Å²) in [4.78, 5) is 35.0. The Labute approximate surface area is 199 Å². The molecule has 1 saturated heterocycles. The van der Waals surface area contributed by atoms with Gasteiger partial charge in [0.05, 0.1) is 12.1 Å². The molecule has 3 N–H and O–H groups in total. The van der Waals surface area contributed by atoms with Crippen LogP contribution in [-0.2, 0) is 24.5 Å². The smallest absolute Gasteiger partial charge is 0.339 e. The number of halogens is 1. The monoisotopic (exact) mass is 509 g/mol. The van der Waals surface area contributed by atoms with E-state index in [-0.39, 0.29) is 43.6 Å². The minimum absolute atomic E-state index is 0.0556. The van der Waals surface area contributed by atoms with Crippen LogP contribution in [0.1, 0.15) is 12.5 Å². The lowest BCUT2D eigenvalue weighted by molar-refractivity contribution is -0.123. The average Bonchev–Trinajstić information content (AvgIpc) is 2.72. The number of carbonyl (C=O) groups excluding carboxylic acids is 3. The van der Waals surface area contributed by atoms with Crippen LogP contribution >= 0.6 is 23.8 Å². The lowest BCUT2D eigenvalue weighted by atomic mass is 10.1. The van der Waals surface area contributed by atoms with Gasteiger partial charge in [-0.2, -0.15) is 8.42 Å². The molecule has 2 aromatic carbocycles. The van der Waals surface area contributed by atoms with Gasteiger partial charge in [-0.15, -0.1) is 0 Å². The normalized spacial score (nSPS) is 13.7. The molecule has 172 valence electrons. The standard InChI is InChI=1S/C20H16ClN3O7S2/c1-10(25)22-12-3-5-13(6-4-12)33(28,29)31-17-15(21)8-11(9-16(17)30-2)7-14-18(26)23-20(32)24-19(14)27/h3-9H,1-2H3,(H,22,25)(H2,23,24,26,27,32). The number of methoxy groups -OCH3 is 1. The summed E-state index contributed by atoms with van der Waals surface area (Å²) in [6.07, 6.45) is 1.24. The van der Waals surface area contributed by atoms with Crippen molar-refractivity contribution >= 4 is 68.5 Å². The summed E-state index contributed by atoms with van der Waals surface area (Å²) in [6.45, 7) is 1.32. The maximum Gasteiger partial charge on any atom is 0.339 e. The van der Waals surface area contributed by atoms with Crippen LogP contribution in [0.15, 0.2) is 46.9 Å². The van der Waals surface area contributed by atoms with Crippen molar-refractivity contribution in [2.45, 2.75) is 11.8 Å². The van der Waals surface area contributed by atoms with E-state index in [0.29, 0.717) is 5.69 Å². The SMILES string of the molecule is COc1cc(C=C2C(=O)NC(=S)NC2=O)cc(Cl)c1OS(=O)(=O)c1ccc(NC(C)=O)cc1. The maximum atomic E-state index is 12.7. The maximum absolute atomic E-state index is 12.7. The van der Waals surface area contributed by atoms with Crippen molar-refractivity contribution in [2.75, 3.05) is 12.4 Å². The molecule has 1 fully saturated rings. The molecule has 10 nitrogen and oxygen atoms in total. The topological polar surface area (TPSA) is 140 Å². The Kier molecular flexibility index (Phi) is 7.01. The Morgan fingerprint density at radius 2 is 1.73 bits per heavy atom. The molecule has 0 aromatic heterocycles. The first-order valence-electron chi connectivity index (χ1n) is 9.08. The molecular formula is C20H16ClN3O7S2. The van der Waals surface area contributed by atoms with Gasteiger partial charge < -0.3 is 14.2 Å². The quantitative estimate of drug-likeness (QED) is 0.232. The van der Waals surface area contributed by atoms with E-state index < -0.39 is 21.9 Å². The van der Waals surface area contributed by atoms with E-state index in [2.05, 4.69) is 16.0 Å². The van der Waals surface area contributed by atoms with Gasteiger partial charge in [0.2, 0.25) is 11.7 Å². The van der Waals surface area contributed by atoms with Crippen molar-refractivity contribution in [2.24, 2.45) is 0 Å². The molecule has 1 aliphatic rings. The Morgan fingerprint density at radius 3 is 2.27 bits per heavy atom.